The lowest BCUT2D eigenvalue weighted by Crippen LogP contribution is -2.65. The van der Waals surface area contributed by atoms with Gasteiger partial charge in [0, 0.05) is 24.1 Å². The summed E-state index contributed by atoms with van der Waals surface area (Å²) >= 11 is 1.17. The molecule has 1 saturated heterocycles. The largest absolute Gasteiger partial charge is 0.490 e. The quantitative estimate of drug-likeness (QED) is 0.161. The molecular formula is C21H20F3N9O6S3. The molecule has 0 amide bonds. The van der Waals surface area contributed by atoms with Crippen molar-refractivity contribution in [3.63, 3.8) is 0 Å². The number of sulfonamides is 2. The highest BCUT2D eigenvalue weighted by molar-refractivity contribution is 7.92. The van der Waals surface area contributed by atoms with Crippen LogP contribution in [-0.4, -0.2) is 78.2 Å². The van der Waals surface area contributed by atoms with Crippen LogP contribution < -0.4 is 16.6 Å². The van der Waals surface area contributed by atoms with Gasteiger partial charge in [0.05, 0.1) is 15.8 Å². The topological polar surface area (TPSA) is 243 Å². The third-order valence-electron chi connectivity index (χ3n) is 6.55. The van der Waals surface area contributed by atoms with Crippen LogP contribution in [0.1, 0.15) is 6.92 Å². The van der Waals surface area contributed by atoms with Crippen molar-refractivity contribution in [2.24, 2.45) is 16.3 Å². The van der Waals surface area contributed by atoms with Crippen LogP contribution in [0.3, 0.4) is 0 Å². The first-order valence-corrected chi connectivity index (χ1v) is 15.4. The van der Waals surface area contributed by atoms with E-state index in [-0.39, 0.29) is 22.1 Å². The summed E-state index contributed by atoms with van der Waals surface area (Å²) in [6, 6.07) is 7.32. The van der Waals surface area contributed by atoms with Gasteiger partial charge in [0.2, 0.25) is 25.9 Å². The highest BCUT2D eigenvalue weighted by Crippen LogP contribution is 2.44. The Morgan fingerprint density at radius 2 is 1.86 bits per heavy atom. The van der Waals surface area contributed by atoms with Crippen molar-refractivity contribution in [1.29, 1.82) is 0 Å². The van der Waals surface area contributed by atoms with Gasteiger partial charge in [-0.05, 0) is 22.9 Å². The molecule has 1 fully saturated rings. The van der Waals surface area contributed by atoms with Gasteiger partial charge in [0.1, 0.15) is 9.79 Å². The molecule has 3 heterocycles. The number of nitrogens with zero attached hydrogens (tertiary/aromatic N) is 5. The van der Waals surface area contributed by atoms with Gasteiger partial charge in [0.25, 0.3) is 0 Å². The molecule has 4 aromatic rings. The van der Waals surface area contributed by atoms with Crippen LogP contribution in [0.15, 0.2) is 40.1 Å². The normalized spacial score (nSPS) is 16.7. The van der Waals surface area contributed by atoms with Gasteiger partial charge in [-0.2, -0.15) is 22.7 Å². The third-order valence-corrected chi connectivity index (χ3v) is 10.4. The molecule has 42 heavy (non-hydrogen) atoms. The molecule has 1 aliphatic heterocycles. The van der Waals surface area contributed by atoms with Crippen molar-refractivity contribution < 1.29 is 39.5 Å². The Morgan fingerprint density at radius 1 is 1.17 bits per heavy atom. The fourth-order valence-corrected chi connectivity index (χ4v) is 8.56. The molecule has 0 aliphatic carbocycles. The Bertz CT molecular complexity index is 1920. The second-order valence-corrected chi connectivity index (χ2v) is 14.0. The lowest BCUT2D eigenvalue weighted by Gasteiger charge is -2.49. The monoisotopic (exact) mass is 647 g/mol. The van der Waals surface area contributed by atoms with E-state index in [1.54, 1.807) is 18.2 Å². The maximum absolute atomic E-state index is 13.7. The number of carbonyl (C=O) groups excluding carboxylic acids is 1. The Balaban J connectivity index is 1.63. The van der Waals surface area contributed by atoms with E-state index in [1.165, 1.54) is 24.3 Å². The van der Waals surface area contributed by atoms with E-state index in [0.29, 0.717) is 15.8 Å². The molecule has 2 aromatic heterocycles. The molecule has 21 heteroatoms. The number of nitrogens with two attached hydrogens (primary N) is 3. The number of rotatable bonds is 7. The number of H-pyrrole nitrogens is 1. The van der Waals surface area contributed by atoms with Gasteiger partial charge in [0.15, 0.2) is 11.4 Å². The zero-order valence-electron chi connectivity index (χ0n) is 21.2. The lowest BCUT2D eigenvalue weighted by molar-refractivity contribution is -0.213. The number of nitrogen functional groups attached to an aromatic ring is 1. The maximum Gasteiger partial charge on any atom is 0.490 e. The molecule has 0 bridgehead atoms. The SMILES string of the molecule is CC1(C(N)OC(=O)C(F)(F)F)CN(S(=O)(=O)c2ccc(-c3cccc4sc(N)nc34)c(-c3nn[nH]n3)c2S(N)(=O)=O)C1. The van der Waals surface area contributed by atoms with Crippen LogP contribution in [0.5, 0.6) is 0 Å². The van der Waals surface area contributed by atoms with Crippen molar-refractivity contribution >= 4 is 52.7 Å². The number of nitrogens with one attached hydrogen (secondary N) is 1. The van der Waals surface area contributed by atoms with Crippen LogP contribution in [0, 0.1) is 5.41 Å². The first-order valence-electron chi connectivity index (χ1n) is 11.6. The molecule has 1 atom stereocenters. The Kier molecular flexibility index (Phi) is 7.02. The number of thiazole rings is 1. The van der Waals surface area contributed by atoms with Crippen molar-refractivity contribution in [2.45, 2.75) is 29.1 Å². The molecule has 15 nitrogen and oxygen atoms in total. The Hall–Kier alpha value is -3.76. The summed E-state index contributed by atoms with van der Waals surface area (Å²) in [6.45, 7) is 0.285. The van der Waals surface area contributed by atoms with E-state index < -0.39 is 66.7 Å². The van der Waals surface area contributed by atoms with Gasteiger partial charge < -0.3 is 10.5 Å². The van der Waals surface area contributed by atoms with E-state index in [1.807, 2.05) is 0 Å². The van der Waals surface area contributed by atoms with Gasteiger partial charge >= 0.3 is 12.1 Å². The standard InChI is InChI=1S/C21H20F3N9O6S3/c1-20(17(25)39-18(34)21(22,23)24)7-33(8-20)42(37,38)12-6-5-9(10-3-2-4-11-14(10)28-19(26)40-11)13(15(12)41(27,35)36)16-29-31-32-30-16/h2-6,17H,7-8,25H2,1H3,(H2,26,28)(H2,27,35,36)(H,29,30,31,32). The fourth-order valence-electron chi connectivity index (χ4n) is 4.52. The first kappa shape index (κ1) is 29.7. The number of carbonyl (C=O) groups is 1. The highest BCUT2D eigenvalue weighted by atomic mass is 32.2. The number of aromatic amines is 1. The molecule has 2 aromatic carbocycles. The van der Waals surface area contributed by atoms with Gasteiger partial charge in [-0.3, -0.25) is 5.73 Å². The van der Waals surface area contributed by atoms with Crippen molar-refractivity contribution in [1.82, 2.24) is 29.9 Å². The minimum absolute atomic E-state index is 0.143. The minimum Gasteiger partial charge on any atom is -0.439 e. The number of hydrogen-bond acceptors (Lipinski definition) is 13. The average molecular weight is 648 g/mol. The summed E-state index contributed by atoms with van der Waals surface area (Å²) < 4.78 is 97.1. The number of hydrogen-bond donors (Lipinski definition) is 4. The van der Waals surface area contributed by atoms with Crippen molar-refractivity contribution in [2.75, 3.05) is 18.8 Å². The van der Waals surface area contributed by atoms with Gasteiger partial charge in [-0.25, -0.2) is 31.8 Å². The van der Waals surface area contributed by atoms with Crippen molar-refractivity contribution in [3.05, 3.63) is 30.3 Å². The highest BCUT2D eigenvalue weighted by Gasteiger charge is 2.53. The number of primary sulfonamides is 1. The van der Waals surface area contributed by atoms with E-state index in [4.69, 9.17) is 16.6 Å². The summed E-state index contributed by atoms with van der Waals surface area (Å²) in [5.41, 5.74) is 10.7. The third kappa shape index (κ3) is 5.07. The number of alkyl halides is 3. The second kappa shape index (κ2) is 9.91. The average Bonchev–Trinajstić information content (AvgIpc) is 3.53. The van der Waals surface area contributed by atoms with E-state index in [2.05, 4.69) is 30.3 Å². The zero-order valence-corrected chi connectivity index (χ0v) is 23.6. The minimum atomic E-state index is -5.31. The number of aromatic nitrogens is 5. The summed E-state index contributed by atoms with van der Waals surface area (Å²) in [5.74, 6) is -2.84. The predicted molar refractivity (Wildman–Crippen MR) is 141 cm³/mol. The van der Waals surface area contributed by atoms with Gasteiger partial charge in [-0.1, -0.05) is 36.5 Å². The molecule has 7 N–H and O–H groups in total. The second-order valence-electron chi connectivity index (χ2n) is 9.55. The van der Waals surface area contributed by atoms with Gasteiger partial charge in [-0.15, -0.1) is 10.2 Å². The number of halogens is 3. The van der Waals surface area contributed by atoms with Crippen LogP contribution in [0.2, 0.25) is 0 Å². The smallest absolute Gasteiger partial charge is 0.439 e. The summed E-state index contributed by atoms with van der Waals surface area (Å²) in [7, 11) is -9.53. The van der Waals surface area contributed by atoms with Crippen LogP contribution in [-0.2, 0) is 29.6 Å². The molecular weight excluding hydrogens is 627 g/mol. The lowest BCUT2D eigenvalue weighted by atomic mass is 9.82. The molecule has 0 radical (unpaired) electrons. The molecule has 5 rings (SSSR count). The fraction of sp³-hybridized carbons (Fsp3) is 0.286. The molecule has 224 valence electrons. The number of para-hydroxylation sites is 1. The molecule has 1 unspecified atom stereocenters. The van der Waals surface area contributed by atoms with Crippen LogP contribution >= 0.6 is 11.3 Å². The number of anilines is 1. The van der Waals surface area contributed by atoms with Crippen LogP contribution in [0.4, 0.5) is 18.3 Å². The molecule has 1 aliphatic rings. The number of ether oxygens (including phenoxy) is 1. The number of fused-ring (bicyclic) bond motifs is 1. The van der Waals surface area contributed by atoms with E-state index >= 15 is 0 Å². The Morgan fingerprint density at radius 3 is 2.45 bits per heavy atom. The number of tetrazole rings is 1. The summed E-state index contributed by atoms with van der Waals surface area (Å²) in [4.78, 5) is 13.9. The van der Waals surface area contributed by atoms with E-state index in [9.17, 15) is 34.8 Å². The Labute approximate surface area is 238 Å². The zero-order chi connectivity index (χ0) is 30.8. The summed E-state index contributed by atoms with van der Waals surface area (Å²) in [6.07, 6.45) is -7.13. The number of esters is 1. The maximum atomic E-state index is 13.7. The first-order chi connectivity index (χ1) is 19.4. The summed E-state index contributed by atoms with van der Waals surface area (Å²) in [5, 5.41) is 19.1. The predicted octanol–water partition coefficient (Wildman–Crippen LogP) is 0.774. The van der Waals surface area contributed by atoms with Crippen molar-refractivity contribution in [3.8, 4) is 22.5 Å². The number of benzene rings is 2. The molecule has 0 saturated carbocycles. The van der Waals surface area contributed by atoms with E-state index in [0.717, 1.165) is 10.4 Å². The van der Waals surface area contributed by atoms with Crippen LogP contribution in [0.25, 0.3) is 32.7 Å². The molecule has 0 spiro atoms.